The monoisotopic (exact) mass is 492 g/mol. The molecule has 0 aliphatic carbocycles. The third-order valence-electron chi connectivity index (χ3n) is 6.53. The minimum Gasteiger partial charge on any atom is -0.507 e. The third-order valence-corrected chi connectivity index (χ3v) is 7.58. The first-order chi connectivity index (χ1) is 17.0. The van der Waals surface area contributed by atoms with Gasteiger partial charge < -0.3 is 14.3 Å². The van der Waals surface area contributed by atoms with Crippen molar-refractivity contribution in [3.8, 4) is 16.3 Å². The first-order valence-corrected chi connectivity index (χ1v) is 12.9. The van der Waals surface area contributed by atoms with Gasteiger partial charge in [0.05, 0.1) is 22.2 Å². The summed E-state index contributed by atoms with van der Waals surface area (Å²) in [6, 6.07) is 9.28. The molecule has 0 bridgehead atoms. The fourth-order valence-electron chi connectivity index (χ4n) is 4.72. The van der Waals surface area contributed by atoms with Gasteiger partial charge in [0.25, 0.3) is 0 Å². The van der Waals surface area contributed by atoms with E-state index in [0.29, 0.717) is 28.1 Å². The van der Waals surface area contributed by atoms with Gasteiger partial charge in [-0.05, 0) is 58.0 Å². The SMILES string of the molecule is CCOC(=O)c1oc2c(C)c(O)c(CN3CCCCCC3)cc2c(=O)c1-c1nc2ccccc2s1. The van der Waals surface area contributed by atoms with Crippen LogP contribution in [0.1, 0.15) is 54.3 Å². The van der Waals surface area contributed by atoms with Gasteiger partial charge >= 0.3 is 5.97 Å². The summed E-state index contributed by atoms with van der Waals surface area (Å²) in [4.78, 5) is 33.7. The van der Waals surface area contributed by atoms with Crippen molar-refractivity contribution in [3.05, 3.63) is 57.4 Å². The summed E-state index contributed by atoms with van der Waals surface area (Å²) in [5.74, 6) is -0.827. The number of ether oxygens (including phenoxy) is 1. The molecular formula is C27H28N2O5S. The summed E-state index contributed by atoms with van der Waals surface area (Å²) in [7, 11) is 0. The molecule has 1 saturated heterocycles. The number of aromatic hydroxyl groups is 1. The lowest BCUT2D eigenvalue weighted by molar-refractivity contribution is 0.0492. The van der Waals surface area contributed by atoms with E-state index in [-0.39, 0.29) is 34.7 Å². The molecule has 7 nitrogen and oxygen atoms in total. The number of fused-ring (bicyclic) bond motifs is 2. The number of hydrogen-bond acceptors (Lipinski definition) is 8. The van der Waals surface area contributed by atoms with Gasteiger partial charge in [0.1, 0.15) is 21.9 Å². The van der Waals surface area contributed by atoms with Crippen LogP contribution in [0.2, 0.25) is 0 Å². The Morgan fingerprint density at radius 1 is 1.20 bits per heavy atom. The summed E-state index contributed by atoms with van der Waals surface area (Å²) in [5, 5.41) is 11.7. The van der Waals surface area contributed by atoms with Crippen molar-refractivity contribution in [1.82, 2.24) is 9.88 Å². The quantitative estimate of drug-likeness (QED) is 0.361. The molecule has 0 unspecified atom stereocenters. The van der Waals surface area contributed by atoms with Gasteiger partial charge in [-0.1, -0.05) is 25.0 Å². The van der Waals surface area contributed by atoms with Crippen LogP contribution in [-0.4, -0.2) is 40.7 Å². The summed E-state index contributed by atoms with van der Waals surface area (Å²) >= 11 is 1.33. The van der Waals surface area contributed by atoms with Gasteiger partial charge in [0.2, 0.25) is 11.2 Å². The van der Waals surface area contributed by atoms with Gasteiger partial charge in [-0.25, -0.2) is 9.78 Å². The number of phenols is 1. The average Bonchev–Trinajstić information content (AvgIpc) is 3.11. The lowest BCUT2D eigenvalue weighted by Gasteiger charge is -2.21. The second-order valence-electron chi connectivity index (χ2n) is 8.92. The normalized spacial score (nSPS) is 14.9. The van der Waals surface area contributed by atoms with Crippen LogP contribution in [-0.2, 0) is 11.3 Å². The van der Waals surface area contributed by atoms with Crippen LogP contribution in [0.5, 0.6) is 5.75 Å². The third kappa shape index (κ3) is 4.44. The number of benzene rings is 2. The van der Waals surface area contributed by atoms with Crippen LogP contribution in [0.4, 0.5) is 0 Å². The Morgan fingerprint density at radius 2 is 1.94 bits per heavy atom. The average molecular weight is 493 g/mol. The first kappa shape index (κ1) is 23.5. The van der Waals surface area contributed by atoms with Crippen LogP contribution in [0.15, 0.2) is 39.5 Å². The number of carbonyl (C=O) groups excluding carboxylic acids is 1. The number of aromatic nitrogens is 1. The molecule has 1 aliphatic rings. The lowest BCUT2D eigenvalue weighted by Crippen LogP contribution is -2.24. The summed E-state index contributed by atoms with van der Waals surface area (Å²) in [5.41, 5.74) is 1.80. The molecule has 2 aromatic heterocycles. The maximum absolute atomic E-state index is 13.9. The topological polar surface area (TPSA) is 92.9 Å². The number of nitrogens with zero attached hydrogens (tertiary/aromatic N) is 2. The zero-order valence-electron chi connectivity index (χ0n) is 19.9. The molecule has 4 aromatic rings. The second kappa shape index (κ2) is 9.79. The van der Waals surface area contributed by atoms with Gasteiger partial charge in [-0.15, -0.1) is 11.3 Å². The van der Waals surface area contributed by atoms with Crippen LogP contribution in [0.3, 0.4) is 0 Å². The molecule has 8 heteroatoms. The predicted octanol–water partition coefficient (Wildman–Crippen LogP) is 5.64. The number of carbonyl (C=O) groups is 1. The number of esters is 1. The van der Waals surface area contributed by atoms with Crippen molar-refractivity contribution in [2.45, 2.75) is 46.1 Å². The van der Waals surface area contributed by atoms with E-state index < -0.39 is 5.97 Å². The lowest BCUT2D eigenvalue weighted by atomic mass is 10.0. The zero-order valence-corrected chi connectivity index (χ0v) is 20.7. The van der Waals surface area contributed by atoms with Crippen LogP contribution < -0.4 is 5.43 Å². The minimum atomic E-state index is -0.728. The maximum atomic E-state index is 13.9. The van der Waals surface area contributed by atoms with Gasteiger partial charge in [-0.3, -0.25) is 9.69 Å². The molecule has 5 rings (SSSR count). The molecule has 0 spiro atoms. The second-order valence-corrected chi connectivity index (χ2v) is 9.95. The highest BCUT2D eigenvalue weighted by Gasteiger charge is 2.27. The Morgan fingerprint density at radius 3 is 2.66 bits per heavy atom. The number of rotatable bonds is 5. The minimum absolute atomic E-state index is 0.0902. The standard InChI is InChI=1S/C27H28N2O5S/c1-3-33-27(32)25-21(26-28-19-10-6-7-11-20(19)35-26)23(31)18-14-17(22(30)16(2)24(18)34-25)15-29-12-8-4-5-9-13-29/h6-7,10-11,14,30H,3-5,8-9,12-13,15H2,1-2H3. The zero-order chi connectivity index (χ0) is 24.5. The molecule has 0 radical (unpaired) electrons. The first-order valence-electron chi connectivity index (χ1n) is 12.1. The van der Waals surface area contributed by atoms with E-state index >= 15 is 0 Å². The molecule has 1 fully saturated rings. The molecule has 0 saturated carbocycles. The summed E-state index contributed by atoms with van der Waals surface area (Å²) < 4.78 is 12.1. The molecule has 2 aromatic carbocycles. The van der Waals surface area contributed by atoms with E-state index in [1.54, 1.807) is 19.9 Å². The van der Waals surface area contributed by atoms with Crippen molar-refractivity contribution in [2.24, 2.45) is 0 Å². The van der Waals surface area contributed by atoms with Gasteiger partial charge in [0.15, 0.2) is 0 Å². The smallest absolute Gasteiger partial charge is 0.375 e. The number of likely N-dealkylation sites (tertiary alicyclic amines) is 1. The molecule has 35 heavy (non-hydrogen) atoms. The van der Waals surface area contributed by atoms with E-state index in [0.717, 1.165) is 36.1 Å². The molecule has 0 amide bonds. The summed E-state index contributed by atoms with van der Waals surface area (Å²) in [6.07, 6.45) is 4.68. The fraction of sp³-hybridized carbons (Fsp3) is 0.370. The van der Waals surface area contributed by atoms with Crippen molar-refractivity contribution < 1.29 is 19.1 Å². The van der Waals surface area contributed by atoms with E-state index in [1.165, 1.54) is 24.2 Å². The van der Waals surface area contributed by atoms with Gasteiger partial charge in [-0.2, -0.15) is 0 Å². The number of aryl methyl sites for hydroxylation is 1. The Labute approximate surface area is 207 Å². The largest absolute Gasteiger partial charge is 0.507 e. The Hall–Kier alpha value is -3.23. The highest BCUT2D eigenvalue weighted by Crippen LogP contribution is 2.36. The van der Waals surface area contributed by atoms with E-state index in [1.807, 2.05) is 24.3 Å². The molecule has 0 atom stereocenters. The van der Waals surface area contributed by atoms with Crippen molar-refractivity contribution in [3.63, 3.8) is 0 Å². The molecular weight excluding hydrogens is 464 g/mol. The molecule has 3 heterocycles. The van der Waals surface area contributed by atoms with Crippen molar-refractivity contribution in [1.29, 1.82) is 0 Å². The number of hydrogen-bond donors (Lipinski definition) is 1. The predicted molar refractivity (Wildman–Crippen MR) is 137 cm³/mol. The van der Waals surface area contributed by atoms with Gasteiger partial charge in [0, 0.05) is 17.7 Å². The highest BCUT2D eigenvalue weighted by molar-refractivity contribution is 7.21. The molecule has 1 aliphatic heterocycles. The summed E-state index contributed by atoms with van der Waals surface area (Å²) in [6.45, 7) is 6.02. The molecule has 1 N–H and O–H groups in total. The molecule has 182 valence electrons. The van der Waals surface area contributed by atoms with Crippen LogP contribution in [0, 0.1) is 6.92 Å². The van der Waals surface area contributed by atoms with Crippen molar-refractivity contribution >= 4 is 38.5 Å². The Bertz CT molecular complexity index is 1430. The number of para-hydroxylation sites is 1. The number of thiazole rings is 1. The Balaban J connectivity index is 1.71. The highest BCUT2D eigenvalue weighted by atomic mass is 32.1. The van der Waals surface area contributed by atoms with E-state index in [9.17, 15) is 14.7 Å². The van der Waals surface area contributed by atoms with E-state index in [2.05, 4.69) is 9.88 Å². The number of phenolic OH excluding ortho intramolecular Hbond substituents is 1. The van der Waals surface area contributed by atoms with Crippen molar-refractivity contribution in [2.75, 3.05) is 19.7 Å². The fourth-order valence-corrected chi connectivity index (χ4v) is 5.72. The van der Waals surface area contributed by atoms with Crippen LogP contribution in [0.25, 0.3) is 31.8 Å². The van der Waals surface area contributed by atoms with E-state index in [4.69, 9.17) is 9.15 Å². The van der Waals surface area contributed by atoms with Crippen LogP contribution >= 0.6 is 11.3 Å². The Kier molecular flexibility index (Phi) is 6.58. The maximum Gasteiger partial charge on any atom is 0.375 e.